The zero-order valence-electron chi connectivity index (χ0n) is 11.2. The van der Waals surface area contributed by atoms with E-state index >= 15 is 0 Å². The van der Waals surface area contributed by atoms with Crippen LogP contribution in [0.5, 0.6) is 0 Å². The summed E-state index contributed by atoms with van der Waals surface area (Å²) in [7, 11) is 0. The molecule has 0 N–H and O–H groups in total. The molecule has 0 saturated heterocycles. The predicted octanol–water partition coefficient (Wildman–Crippen LogP) is 5.35. The van der Waals surface area contributed by atoms with E-state index in [1.165, 1.54) is 11.3 Å². The fourth-order valence-corrected chi connectivity index (χ4v) is 3.80. The second kappa shape index (κ2) is 5.69. The Balaban J connectivity index is 2.28. The van der Waals surface area contributed by atoms with Crippen molar-refractivity contribution in [2.45, 2.75) is 19.9 Å². The summed E-state index contributed by atoms with van der Waals surface area (Å²) in [6.07, 6.45) is 0.980. The maximum atomic E-state index is 9.02. The molecule has 0 fully saturated rings. The molecule has 0 amide bonds. The number of nitriles is 1. The molecule has 2 aromatic heterocycles. The number of rotatable bonds is 3. The number of aromatic nitrogens is 2. The molecule has 0 radical (unpaired) electrons. The molecule has 0 aliphatic rings. The molecule has 0 unspecified atom stereocenters. The molecule has 0 atom stereocenters. The molecule has 21 heavy (non-hydrogen) atoms. The summed E-state index contributed by atoms with van der Waals surface area (Å²) < 4.78 is 3.40. The van der Waals surface area contributed by atoms with Crippen LogP contribution in [0.1, 0.15) is 18.9 Å². The summed E-state index contributed by atoms with van der Waals surface area (Å²) in [4.78, 5) is 4.66. The summed E-state index contributed by atoms with van der Waals surface area (Å²) in [5, 5.41) is 9.02. The molecule has 3 nitrogen and oxygen atoms in total. The summed E-state index contributed by atoms with van der Waals surface area (Å²) >= 11 is 13.6. The van der Waals surface area contributed by atoms with Crippen LogP contribution in [0, 0.1) is 11.3 Å². The smallest absolute Gasteiger partial charge is 0.143 e. The van der Waals surface area contributed by atoms with E-state index in [0.717, 1.165) is 35.4 Å². The highest BCUT2D eigenvalue weighted by Crippen LogP contribution is 2.39. The van der Waals surface area contributed by atoms with Crippen molar-refractivity contribution >= 4 is 45.6 Å². The Labute approximate surface area is 136 Å². The molecular weight excluding hydrogens is 325 g/mol. The van der Waals surface area contributed by atoms with E-state index < -0.39 is 0 Å². The van der Waals surface area contributed by atoms with Gasteiger partial charge in [0, 0.05) is 12.1 Å². The molecule has 2 heterocycles. The van der Waals surface area contributed by atoms with Crippen molar-refractivity contribution in [1.82, 2.24) is 9.55 Å². The fourth-order valence-electron chi connectivity index (χ4n) is 2.35. The fraction of sp³-hybridized carbons (Fsp3) is 0.200. The van der Waals surface area contributed by atoms with Gasteiger partial charge in [-0.25, -0.2) is 4.98 Å². The molecule has 0 saturated carbocycles. The standard InChI is InChI=1S/C15H11Cl2N3S/c1-2-5-20-12-4-3-9(8-18)6-11(12)19-15(20)10-7-13(16)21-14(10)17/h3-4,6-7H,2,5H2,1H3. The Morgan fingerprint density at radius 2 is 2.14 bits per heavy atom. The lowest BCUT2D eigenvalue weighted by Crippen LogP contribution is -1.99. The summed E-state index contributed by atoms with van der Waals surface area (Å²) in [6.45, 7) is 2.95. The number of fused-ring (bicyclic) bond motifs is 1. The van der Waals surface area contributed by atoms with Crippen LogP contribution in [-0.2, 0) is 6.54 Å². The van der Waals surface area contributed by atoms with Crippen LogP contribution in [0.4, 0.5) is 0 Å². The molecule has 0 aliphatic carbocycles. The number of thiophene rings is 1. The van der Waals surface area contributed by atoms with Crippen LogP contribution >= 0.6 is 34.5 Å². The van der Waals surface area contributed by atoms with Gasteiger partial charge in [0.1, 0.15) is 10.2 Å². The second-order valence-electron chi connectivity index (χ2n) is 4.64. The van der Waals surface area contributed by atoms with Crippen molar-refractivity contribution in [2.75, 3.05) is 0 Å². The van der Waals surface area contributed by atoms with Gasteiger partial charge in [-0.3, -0.25) is 0 Å². The zero-order valence-corrected chi connectivity index (χ0v) is 13.6. The molecule has 0 spiro atoms. The van der Waals surface area contributed by atoms with Crippen LogP contribution < -0.4 is 0 Å². The van der Waals surface area contributed by atoms with Crippen molar-refractivity contribution in [3.8, 4) is 17.5 Å². The Morgan fingerprint density at radius 1 is 1.33 bits per heavy atom. The van der Waals surface area contributed by atoms with Crippen molar-refractivity contribution in [2.24, 2.45) is 0 Å². The first-order chi connectivity index (χ1) is 10.1. The number of benzene rings is 1. The van der Waals surface area contributed by atoms with Gasteiger partial charge >= 0.3 is 0 Å². The van der Waals surface area contributed by atoms with E-state index in [0.29, 0.717) is 14.2 Å². The van der Waals surface area contributed by atoms with Crippen LogP contribution in [-0.4, -0.2) is 9.55 Å². The van der Waals surface area contributed by atoms with E-state index in [1.54, 1.807) is 6.07 Å². The van der Waals surface area contributed by atoms with Crippen molar-refractivity contribution in [3.63, 3.8) is 0 Å². The van der Waals surface area contributed by atoms with E-state index in [9.17, 15) is 0 Å². The van der Waals surface area contributed by atoms with Gasteiger partial charge in [-0.05, 0) is 30.7 Å². The number of nitrogens with zero attached hydrogens (tertiary/aromatic N) is 3. The monoisotopic (exact) mass is 335 g/mol. The third kappa shape index (κ3) is 2.53. The maximum absolute atomic E-state index is 9.02. The van der Waals surface area contributed by atoms with Crippen molar-refractivity contribution < 1.29 is 0 Å². The number of imidazole rings is 1. The molecule has 1 aromatic carbocycles. The van der Waals surface area contributed by atoms with Gasteiger partial charge in [0.15, 0.2) is 0 Å². The summed E-state index contributed by atoms with van der Waals surface area (Å²) in [5.74, 6) is 0.801. The van der Waals surface area contributed by atoms with E-state index in [2.05, 4.69) is 22.5 Å². The van der Waals surface area contributed by atoms with Gasteiger partial charge < -0.3 is 4.57 Å². The van der Waals surface area contributed by atoms with Gasteiger partial charge in [0.05, 0.1) is 27.0 Å². The number of hydrogen-bond donors (Lipinski definition) is 0. The van der Waals surface area contributed by atoms with Gasteiger partial charge in [0.2, 0.25) is 0 Å². The molecule has 0 aliphatic heterocycles. The highest BCUT2D eigenvalue weighted by atomic mass is 35.5. The van der Waals surface area contributed by atoms with Crippen LogP contribution in [0.3, 0.4) is 0 Å². The first-order valence-electron chi connectivity index (χ1n) is 6.49. The average molecular weight is 336 g/mol. The van der Waals surface area contributed by atoms with Crippen molar-refractivity contribution in [3.05, 3.63) is 38.5 Å². The Hall–Kier alpha value is -1.54. The van der Waals surface area contributed by atoms with Crippen LogP contribution in [0.15, 0.2) is 24.3 Å². The largest absolute Gasteiger partial charge is 0.324 e. The quantitative estimate of drug-likeness (QED) is 0.647. The maximum Gasteiger partial charge on any atom is 0.143 e. The highest BCUT2D eigenvalue weighted by molar-refractivity contribution is 7.20. The molecule has 3 rings (SSSR count). The Morgan fingerprint density at radius 3 is 2.76 bits per heavy atom. The van der Waals surface area contributed by atoms with Gasteiger partial charge in [0.25, 0.3) is 0 Å². The minimum absolute atomic E-state index is 0.602. The average Bonchev–Trinajstić information content (AvgIpc) is 2.99. The normalized spacial score (nSPS) is 11.0. The number of aryl methyl sites for hydroxylation is 1. The van der Waals surface area contributed by atoms with E-state index in [1.807, 2.05) is 18.2 Å². The lowest BCUT2D eigenvalue weighted by Gasteiger charge is -2.06. The van der Waals surface area contributed by atoms with Gasteiger partial charge in [-0.2, -0.15) is 5.26 Å². The molecule has 0 bridgehead atoms. The first-order valence-corrected chi connectivity index (χ1v) is 8.07. The van der Waals surface area contributed by atoms with Crippen LogP contribution in [0.25, 0.3) is 22.4 Å². The Kier molecular flexibility index (Phi) is 3.90. The summed E-state index contributed by atoms with van der Waals surface area (Å²) in [6, 6.07) is 9.52. The number of halogens is 2. The topological polar surface area (TPSA) is 41.6 Å². The molecule has 6 heteroatoms. The first kappa shape index (κ1) is 14.4. The molecular formula is C15H11Cl2N3S. The van der Waals surface area contributed by atoms with E-state index in [-0.39, 0.29) is 0 Å². The minimum Gasteiger partial charge on any atom is -0.324 e. The number of hydrogen-bond acceptors (Lipinski definition) is 3. The third-order valence-electron chi connectivity index (χ3n) is 3.22. The molecule has 3 aromatic rings. The SMILES string of the molecule is CCCn1c(-c2cc(Cl)sc2Cl)nc2cc(C#N)ccc21. The van der Waals surface area contributed by atoms with E-state index in [4.69, 9.17) is 28.5 Å². The van der Waals surface area contributed by atoms with Crippen LogP contribution in [0.2, 0.25) is 8.67 Å². The summed E-state index contributed by atoms with van der Waals surface area (Å²) in [5.41, 5.74) is 3.25. The third-order valence-corrected chi connectivity index (χ3v) is 4.71. The second-order valence-corrected chi connectivity index (χ2v) is 6.93. The van der Waals surface area contributed by atoms with Gasteiger partial charge in [-0.1, -0.05) is 30.1 Å². The highest BCUT2D eigenvalue weighted by Gasteiger charge is 2.17. The Bertz CT molecular complexity index is 858. The lowest BCUT2D eigenvalue weighted by atomic mass is 10.2. The predicted molar refractivity (Wildman–Crippen MR) is 88.1 cm³/mol. The minimum atomic E-state index is 0.602. The zero-order chi connectivity index (χ0) is 15.0. The lowest BCUT2D eigenvalue weighted by molar-refractivity contribution is 0.704. The van der Waals surface area contributed by atoms with Gasteiger partial charge in [-0.15, -0.1) is 11.3 Å². The molecule has 106 valence electrons. The van der Waals surface area contributed by atoms with Crippen molar-refractivity contribution in [1.29, 1.82) is 5.26 Å².